The maximum Gasteiger partial charge on any atom is 0.220 e. The fraction of sp³-hybridized carbons (Fsp3) is 0.433. The van der Waals surface area contributed by atoms with E-state index in [1.165, 1.54) is 11.3 Å². The van der Waals surface area contributed by atoms with E-state index >= 15 is 0 Å². The van der Waals surface area contributed by atoms with Crippen LogP contribution in [-0.4, -0.2) is 53.9 Å². The van der Waals surface area contributed by atoms with Gasteiger partial charge in [0.15, 0.2) is 6.29 Å². The first-order valence-electron chi connectivity index (χ1n) is 13.3. The van der Waals surface area contributed by atoms with Crippen LogP contribution in [0.5, 0.6) is 5.75 Å². The fourth-order valence-electron chi connectivity index (χ4n) is 5.75. The normalized spacial score (nSPS) is 17.5. The number of carbonyl (C=O) groups excluding carboxylic acids is 2. The molecular weight excluding hydrogens is 482 g/mol. The van der Waals surface area contributed by atoms with Crippen molar-refractivity contribution >= 4 is 23.5 Å². The summed E-state index contributed by atoms with van der Waals surface area (Å²) in [5.74, 6) is 1.14. The van der Waals surface area contributed by atoms with Crippen molar-refractivity contribution in [1.82, 2.24) is 15.2 Å². The molecule has 0 unspecified atom stereocenters. The lowest BCUT2D eigenvalue weighted by Crippen LogP contribution is -2.57. The largest absolute Gasteiger partial charge is 0.493 e. The molecule has 2 aromatic carbocycles. The number of amides is 1. The zero-order valence-corrected chi connectivity index (χ0v) is 22.5. The number of benzene rings is 2. The molecule has 194 valence electrons. The average molecular weight is 518 g/mol. The molecule has 1 amide bonds. The number of piperidine rings is 2. The Morgan fingerprint density at radius 3 is 2.51 bits per heavy atom. The van der Waals surface area contributed by atoms with Crippen LogP contribution < -0.4 is 10.1 Å². The second-order valence-electron chi connectivity index (χ2n) is 10.3. The molecule has 3 aromatic rings. The predicted octanol–water partition coefficient (Wildman–Crippen LogP) is 5.81. The van der Waals surface area contributed by atoms with Gasteiger partial charge >= 0.3 is 0 Å². The van der Waals surface area contributed by atoms with Crippen LogP contribution in [0.25, 0.3) is 21.7 Å². The summed E-state index contributed by atoms with van der Waals surface area (Å²) < 4.78 is 6.25. The first kappa shape index (κ1) is 25.6. The molecule has 0 bridgehead atoms. The summed E-state index contributed by atoms with van der Waals surface area (Å²) in [6, 6.07) is 12.5. The van der Waals surface area contributed by atoms with Crippen molar-refractivity contribution in [2.75, 3.05) is 26.2 Å². The van der Waals surface area contributed by atoms with Crippen LogP contribution in [0, 0.1) is 13.8 Å². The molecule has 2 aliphatic heterocycles. The van der Waals surface area contributed by atoms with E-state index in [-0.39, 0.29) is 11.4 Å². The fourth-order valence-corrected chi connectivity index (χ4v) is 6.56. The predicted molar refractivity (Wildman–Crippen MR) is 148 cm³/mol. The Hall–Kier alpha value is -3.03. The zero-order valence-electron chi connectivity index (χ0n) is 21.7. The van der Waals surface area contributed by atoms with Crippen LogP contribution in [0.4, 0.5) is 0 Å². The zero-order chi connectivity index (χ0) is 25.8. The van der Waals surface area contributed by atoms with E-state index in [1.807, 2.05) is 12.1 Å². The third-order valence-corrected chi connectivity index (χ3v) is 8.89. The van der Waals surface area contributed by atoms with Gasteiger partial charge in [0.2, 0.25) is 5.91 Å². The molecule has 6 nitrogen and oxygen atoms in total. The van der Waals surface area contributed by atoms with Crippen molar-refractivity contribution in [1.29, 1.82) is 0 Å². The molecule has 1 aromatic heterocycles. The summed E-state index contributed by atoms with van der Waals surface area (Å²) in [6.07, 6.45) is 8.39. The number of ether oxygens (including phenoxy) is 1. The van der Waals surface area contributed by atoms with Crippen molar-refractivity contribution in [3.05, 3.63) is 58.6 Å². The quantitative estimate of drug-likeness (QED) is 0.302. The van der Waals surface area contributed by atoms with Gasteiger partial charge in [-0.2, -0.15) is 0 Å². The lowest BCUT2D eigenvalue weighted by atomic mass is 9.80. The van der Waals surface area contributed by atoms with Crippen LogP contribution in [0.2, 0.25) is 0 Å². The van der Waals surface area contributed by atoms with Gasteiger partial charge in [0.05, 0.1) is 11.5 Å². The van der Waals surface area contributed by atoms with Crippen LogP contribution >= 0.6 is 11.3 Å². The molecular formula is C30H35N3O3S. The molecule has 0 radical (unpaired) electrons. The number of thiazole rings is 1. The highest BCUT2D eigenvalue weighted by Gasteiger charge is 2.37. The molecule has 37 heavy (non-hydrogen) atoms. The van der Waals surface area contributed by atoms with E-state index in [4.69, 9.17) is 4.74 Å². The molecule has 2 saturated heterocycles. The minimum Gasteiger partial charge on any atom is -0.493 e. The van der Waals surface area contributed by atoms with Gasteiger partial charge in [0.25, 0.3) is 0 Å². The molecule has 5 rings (SSSR count). The highest BCUT2D eigenvalue weighted by molar-refractivity contribution is 7.16. The monoisotopic (exact) mass is 517 g/mol. The number of carbonyl (C=O) groups is 2. The van der Waals surface area contributed by atoms with E-state index in [0.717, 1.165) is 96.6 Å². The summed E-state index contributed by atoms with van der Waals surface area (Å²) >= 11 is 1.42. The Morgan fingerprint density at radius 1 is 1.05 bits per heavy atom. The van der Waals surface area contributed by atoms with Gasteiger partial charge in [-0.15, -0.1) is 11.3 Å². The summed E-state index contributed by atoms with van der Waals surface area (Å²) in [5.41, 5.74) is 5.68. The van der Waals surface area contributed by atoms with E-state index in [2.05, 4.69) is 53.3 Å². The lowest BCUT2D eigenvalue weighted by Gasteiger charge is -2.44. The summed E-state index contributed by atoms with van der Waals surface area (Å²) in [7, 11) is 0. The van der Waals surface area contributed by atoms with Gasteiger partial charge in [-0.25, -0.2) is 4.98 Å². The van der Waals surface area contributed by atoms with Gasteiger partial charge in [-0.05, 0) is 74.3 Å². The van der Waals surface area contributed by atoms with Gasteiger partial charge in [0, 0.05) is 43.4 Å². The Morgan fingerprint density at radius 2 is 1.78 bits per heavy atom. The minimum absolute atomic E-state index is 0.0473. The van der Waals surface area contributed by atoms with Crippen LogP contribution in [0.15, 0.2) is 42.6 Å². The summed E-state index contributed by atoms with van der Waals surface area (Å²) in [6.45, 7) is 8.00. The maximum absolute atomic E-state index is 11.9. The highest BCUT2D eigenvalue weighted by Crippen LogP contribution is 2.37. The molecule has 2 fully saturated rings. The van der Waals surface area contributed by atoms with Gasteiger partial charge in [-0.1, -0.05) is 30.3 Å². The van der Waals surface area contributed by atoms with Crippen LogP contribution in [-0.2, 0) is 4.79 Å². The van der Waals surface area contributed by atoms with Gasteiger partial charge in [0.1, 0.15) is 10.8 Å². The maximum atomic E-state index is 11.9. The summed E-state index contributed by atoms with van der Waals surface area (Å²) in [5, 5.41) is 4.14. The van der Waals surface area contributed by atoms with Crippen molar-refractivity contribution in [3.63, 3.8) is 0 Å². The van der Waals surface area contributed by atoms with Crippen LogP contribution in [0.1, 0.15) is 59.3 Å². The molecule has 7 heteroatoms. The second-order valence-corrected chi connectivity index (χ2v) is 11.4. The smallest absolute Gasteiger partial charge is 0.220 e. The number of nitrogens with one attached hydrogen (secondary N) is 1. The first-order valence-corrected chi connectivity index (χ1v) is 14.1. The second kappa shape index (κ2) is 11.2. The molecule has 1 N–H and O–H groups in total. The molecule has 3 heterocycles. The number of hydrogen-bond donors (Lipinski definition) is 1. The first-order chi connectivity index (χ1) is 18.0. The van der Waals surface area contributed by atoms with E-state index < -0.39 is 0 Å². The van der Waals surface area contributed by atoms with E-state index in [9.17, 15) is 9.59 Å². The number of rotatable bonds is 8. The Balaban J connectivity index is 1.19. The van der Waals surface area contributed by atoms with Crippen LogP contribution in [0.3, 0.4) is 0 Å². The van der Waals surface area contributed by atoms with Gasteiger partial charge in [-0.3, -0.25) is 9.59 Å². The third kappa shape index (κ3) is 5.63. The topological polar surface area (TPSA) is 71.5 Å². The standard InChI is InChI=1S/C30H35N3O3S/c1-21-24(7-3-9-26(21)29-31-19-23(20-34)37-29)25-8-4-10-27(22(25)2)36-18-6-15-33-16-13-30(14-17-33)12-5-11-28(35)32-30/h3-4,7-10,19-20H,5-6,11-18H2,1-2H3,(H,32,35). The lowest BCUT2D eigenvalue weighted by molar-refractivity contribution is -0.126. The number of hydrogen-bond acceptors (Lipinski definition) is 6. The Labute approximate surface area is 223 Å². The Bertz CT molecular complexity index is 1280. The molecule has 1 spiro atoms. The van der Waals surface area contributed by atoms with Crippen molar-refractivity contribution in [2.45, 2.75) is 57.9 Å². The number of nitrogens with zero attached hydrogens (tertiary/aromatic N) is 2. The van der Waals surface area contributed by atoms with E-state index in [1.54, 1.807) is 6.20 Å². The molecule has 2 aliphatic rings. The molecule has 0 aliphatic carbocycles. The molecule has 0 atom stereocenters. The third-order valence-electron chi connectivity index (χ3n) is 7.93. The molecule has 0 saturated carbocycles. The van der Waals surface area contributed by atoms with Crippen molar-refractivity contribution in [3.8, 4) is 27.4 Å². The SMILES string of the molecule is Cc1c(OCCCN2CCC3(CCCC(=O)N3)CC2)cccc1-c1cccc(-c2ncc(C=O)s2)c1C. The van der Waals surface area contributed by atoms with Crippen molar-refractivity contribution in [2.24, 2.45) is 0 Å². The highest BCUT2D eigenvalue weighted by atomic mass is 32.1. The van der Waals surface area contributed by atoms with E-state index in [0.29, 0.717) is 17.9 Å². The number of likely N-dealkylation sites (tertiary alicyclic amines) is 1. The van der Waals surface area contributed by atoms with Gasteiger partial charge < -0.3 is 15.0 Å². The number of aldehydes is 1. The number of aromatic nitrogens is 1. The average Bonchev–Trinajstić information content (AvgIpc) is 3.38. The Kier molecular flexibility index (Phi) is 7.72. The summed E-state index contributed by atoms with van der Waals surface area (Å²) in [4.78, 5) is 30.6. The van der Waals surface area contributed by atoms with Crippen molar-refractivity contribution < 1.29 is 14.3 Å². The minimum atomic E-state index is 0.0473.